The number of para-hydroxylation sites is 2. The van der Waals surface area contributed by atoms with Crippen LogP contribution < -0.4 is 0 Å². The minimum absolute atomic E-state index is 0.988. The lowest BCUT2D eigenvalue weighted by molar-refractivity contribution is 0.532. The number of hydrogen-bond acceptors (Lipinski definition) is 8. The van der Waals surface area contributed by atoms with E-state index < -0.39 is 0 Å². The fraction of sp³-hybridized carbons (Fsp3) is 0.271. The number of aryl methyl sites for hydroxylation is 32. The zero-order chi connectivity index (χ0) is 104. The maximum absolute atomic E-state index is 5.50. The van der Waals surface area contributed by atoms with Crippen molar-refractivity contribution in [1.82, 2.24) is 28.5 Å². The Labute approximate surface area is 857 Å². The lowest BCUT2D eigenvalue weighted by atomic mass is 9.97. The van der Waals surface area contributed by atoms with Gasteiger partial charge in [-0.05, 0) is 439 Å². The van der Waals surface area contributed by atoms with Crippen LogP contribution in [-0.4, -0.2) is 28.5 Å². The van der Waals surface area contributed by atoms with Gasteiger partial charge in [0.2, 0.25) is 0 Å². The minimum atomic E-state index is 0.988. The van der Waals surface area contributed by atoms with Crippen LogP contribution in [0, 0.1) is 215 Å². The van der Waals surface area contributed by atoms with Crippen LogP contribution in [0.2, 0.25) is 0 Å². The highest BCUT2D eigenvalue weighted by Crippen LogP contribution is 2.32. The van der Waals surface area contributed by atoms with Crippen LogP contribution in [0.25, 0.3) is 64.6 Å². The summed E-state index contributed by atoms with van der Waals surface area (Å²) in [6.07, 6.45) is 15.3. The second-order valence-electron chi connectivity index (χ2n) is 36.8. The average Bonchev–Trinajstić information content (AvgIpc) is 1.71. The molecule has 9 nitrogen and oxygen atoms in total. The Bertz CT molecular complexity index is 6780. The second kappa shape index (κ2) is 57.4. The standard InChI is InChI=1S/C14H14.C13H14.C12H12.C11H13N.C10H10O.C10H10S.C8H10.2C7H11N.C7H9N.C6H10N2.2C6H8O.2C6H8S/c1-11-7-3-5-9-13(11)14-10-6-4-8-12(14)2;1-9-8-12-6-4-5-7-13(12)11(3)10(9)2;1-9-7-11-5-3-4-6-12(11)8-10(9)2;1-8-9(2)12(3)11-7-5-4-6-10(8)11;2*1-7-8(2)11-10-6-4-3-5-9(7)10;1-7-5-3-4-6-8(7)2;1-6-4-8(3)5-7(6)2;1-6-4-5-8(3)7(6)2;1-6-4-3-5-8-7(6)2;1-5-4-8(3)7-6(5)2;1-5-3-7-4-6(5)2;1-5-3-4-7-6(5)2;1-5-3-7-4-6(5)2;1-5-3-4-7-6(5)2/h3-10H,1-2H3;4-8H,1-3H3;3-8H,1-2H3;4-7H,1-3H3;2*3-6H,1-2H3;3-6H,1-2H3;2*4-5H,1-3H3;3-5H,1-2H3;4H,1-3H3;4*3-4H,1-2H3. The van der Waals surface area contributed by atoms with E-state index in [9.17, 15) is 0 Å². The number of nitrogens with zero attached hydrogens (tertiary/aromatic N) is 6. The molecule has 10 aromatic carbocycles. The first kappa shape index (κ1) is 115. The van der Waals surface area contributed by atoms with Gasteiger partial charge in [-0.2, -0.15) is 16.4 Å². The highest BCUT2D eigenvalue weighted by atomic mass is 32.1. The van der Waals surface area contributed by atoms with Gasteiger partial charge < -0.3 is 27.0 Å². The number of rotatable bonds is 1. The number of hydrogen-bond donors (Lipinski definition) is 0. The van der Waals surface area contributed by atoms with Gasteiger partial charge in [0, 0.05) is 107 Å². The molecule has 0 atom stereocenters. The molecule has 0 unspecified atom stereocenters. The molecule has 11 heterocycles. The van der Waals surface area contributed by atoms with E-state index in [1.807, 2.05) is 121 Å². The number of aromatic nitrogens is 6. The Morgan fingerprint density at radius 2 is 0.787 bits per heavy atom. The van der Waals surface area contributed by atoms with Crippen molar-refractivity contribution in [2.45, 2.75) is 215 Å². The third-order valence-electron chi connectivity index (χ3n) is 26.2. The molecular formula is C129H156N6O3S3. The molecule has 0 N–H and O–H groups in total. The average molecular weight is 1930 g/mol. The molecule has 738 valence electrons. The van der Waals surface area contributed by atoms with E-state index in [1.165, 1.54) is 208 Å². The van der Waals surface area contributed by atoms with Crippen LogP contribution in [0.15, 0.2) is 322 Å². The van der Waals surface area contributed by atoms with Crippen LogP contribution in [0.1, 0.15) is 172 Å². The molecule has 0 spiro atoms. The maximum Gasteiger partial charge on any atom is 0.134 e. The molecule has 12 heteroatoms. The summed E-state index contributed by atoms with van der Waals surface area (Å²) in [5, 5.41) is 20.0. The summed E-state index contributed by atoms with van der Waals surface area (Å²) in [7, 11) is 8.15. The maximum atomic E-state index is 5.50. The summed E-state index contributed by atoms with van der Waals surface area (Å²) >= 11 is 5.45. The van der Waals surface area contributed by atoms with E-state index in [1.54, 1.807) is 41.5 Å². The number of thiophene rings is 3. The summed E-state index contributed by atoms with van der Waals surface area (Å²) < 4.78 is 25.0. The van der Waals surface area contributed by atoms with Gasteiger partial charge in [0.15, 0.2) is 0 Å². The van der Waals surface area contributed by atoms with E-state index in [-0.39, 0.29) is 0 Å². The van der Waals surface area contributed by atoms with E-state index >= 15 is 0 Å². The van der Waals surface area contributed by atoms with Gasteiger partial charge in [0.05, 0.1) is 24.5 Å². The molecule has 0 radical (unpaired) electrons. The summed E-state index contributed by atoms with van der Waals surface area (Å²) in [5.41, 5.74) is 40.9. The topological polar surface area (TPSA) is 84.9 Å². The van der Waals surface area contributed by atoms with Crippen LogP contribution in [-0.2, 0) is 28.2 Å². The Kier molecular flexibility index (Phi) is 46.7. The van der Waals surface area contributed by atoms with Gasteiger partial charge in [0.1, 0.15) is 17.1 Å². The lowest BCUT2D eigenvalue weighted by Crippen LogP contribution is -1.89. The summed E-state index contributed by atoms with van der Waals surface area (Å²) in [6.45, 7) is 65.4. The van der Waals surface area contributed by atoms with Gasteiger partial charge >= 0.3 is 0 Å². The number of pyridine rings is 1. The van der Waals surface area contributed by atoms with E-state index in [0.717, 1.165) is 28.5 Å². The predicted molar refractivity (Wildman–Crippen MR) is 618 cm³/mol. The smallest absolute Gasteiger partial charge is 0.134 e. The predicted octanol–water partition coefficient (Wildman–Crippen LogP) is 37.4. The van der Waals surface area contributed by atoms with Crippen LogP contribution in [0.4, 0.5) is 0 Å². The molecule has 141 heavy (non-hydrogen) atoms. The SMILES string of the molecule is Cc1c(C)n(C)c2ccccc12.Cc1cc2ccccc2c(C)c1C.Cc1cc2ccccc2cc1C.Cc1ccccc1-c1ccccc1C.Cc1ccccc1C.Cc1cccnc1C.Cc1ccn(C)c1C.Cc1ccoc1C.Cc1ccsc1C.Cc1cn(C)cc1C.Cc1cn(C)nc1C.Cc1cocc1C.Cc1cscc1C.Cc1oc2ccccc2c1C.Cc1sc2ccccc2c1C. The Morgan fingerprint density at radius 1 is 0.305 bits per heavy atom. The van der Waals surface area contributed by atoms with Crippen LogP contribution in [0.5, 0.6) is 0 Å². The van der Waals surface area contributed by atoms with Gasteiger partial charge in [-0.15, -0.1) is 22.7 Å². The zero-order valence-electron chi connectivity index (χ0n) is 91.1. The van der Waals surface area contributed by atoms with Crippen molar-refractivity contribution in [3.8, 4) is 11.1 Å². The first-order chi connectivity index (χ1) is 67.0. The number of fused-ring (bicyclic) bond motifs is 5. The van der Waals surface area contributed by atoms with E-state index in [0.29, 0.717) is 0 Å². The summed E-state index contributed by atoms with van der Waals surface area (Å²) in [4.78, 5) is 6.95. The van der Waals surface area contributed by atoms with Crippen molar-refractivity contribution in [2.24, 2.45) is 28.2 Å². The fourth-order valence-electron chi connectivity index (χ4n) is 14.6. The molecule has 0 bridgehead atoms. The molecule has 21 rings (SSSR count). The second-order valence-corrected chi connectivity index (χ2v) is 39.9. The molecule has 0 aliphatic carbocycles. The first-order valence-corrected chi connectivity index (χ1v) is 51.1. The zero-order valence-corrected chi connectivity index (χ0v) is 93.5. The van der Waals surface area contributed by atoms with Crippen molar-refractivity contribution in [1.29, 1.82) is 0 Å². The quantitative estimate of drug-likeness (QED) is 0.163. The van der Waals surface area contributed by atoms with Crippen LogP contribution >= 0.6 is 34.0 Å². The molecule has 21 aromatic rings. The highest BCUT2D eigenvalue weighted by Gasteiger charge is 2.10. The minimum Gasteiger partial charge on any atom is -0.472 e. The Hall–Kier alpha value is -13.4. The summed E-state index contributed by atoms with van der Waals surface area (Å²) in [5.74, 6) is 2.03. The number of benzene rings is 10. The van der Waals surface area contributed by atoms with Crippen molar-refractivity contribution < 1.29 is 13.3 Å². The molecule has 0 fully saturated rings. The summed E-state index contributed by atoms with van der Waals surface area (Å²) in [6, 6.07) is 84.5. The van der Waals surface area contributed by atoms with Gasteiger partial charge in [-0.1, -0.05) is 200 Å². The highest BCUT2D eigenvalue weighted by molar-refractivity contribution is 7.19. The fourth-order valence-corrected chi connectivity index (χ4v) is 17.3. The van der Waals surface area contributed by atoms with Gasteiger partial charge in [0.25, 0.3) is 0 Å². The third kappa shape index (κ3) is 35.7. The van der Waals surface area contributed by atoms with Crippen LogP contribution in [0.3, 0.4) is 0 Å². The van der Waals surface area contributed by atoms with Gasteiger partial charge in [-0.25, -0.2) is 0 Å². The van der Waals surface area contributed by atoms with Crippen molar-refractivity contribution in [3.63, 3.8) is 0 Å². The lowest BCUT2D eigenvalue weighted by Gasteiger charge is -2.08. The van der Waals surface area contributed by atoms with Crippen molar-refractivity contribution in [2.75, 3.05) is 0 Å². The first-order valence-electron chi connectivity index (χ1n) is 48.5. The molecule has 0 saturated heterocycles. The Morgan fingerprint density at radius 3 is 1.15 bits per heavy atom. The molecule has 11 aromatic heterocycles. The molecular weight excluding hydrogens is 1780 g/mol. The molecule has 0 aliphatic heterocycles. The molecule has 0 aliphatic rings. The largest absolute Gasteiger partial charge is 0.472 e. The third-order valence-corrected chi connectivity index (χ3v) is 29.3. The van der Waals surface area contributed by atoms with Gasteiger partial charge in [-0.3, -0.25) is 9.67 Å². The van der Waals surface area contributed by atoms with Crippen molar-refractivity contribution in [3.05, 3.63) is 481 Å². The molecule has 0 saturated carbocycles. The number of furan rings is 3. The van der Waals surface area contributed by atoms with E-state index in [4.69, 9.17) is 13.3 Å². The molecule has 0 amide bonds. The normalized spacial score (nSPS) is 10.1. The van der Waals surface area contributed by atoms with E-state index in [2.05, 4.69) is 451 Å². The monoisotopic (exact) mass is 1930 g/mol. The Balaban J connectivity index is 0.000000206. The van der Waals surface area contributed by atoms with Crippen molar-refractivity contribution >= 4 is 87.5 Å².